The number of nitrogens with zero attached hydrogens (tertiary/aromatic N) is 3. The van der Waals surface area contributed by atoms with Gasteiger partial charge in [0.2, 0.25) is 0 Å². The topological polar surface area (TPSA) is 55.0 Å². The second-order valence-corrected chi connectivity index (χ2v) is 6.24. The van der Waals surface area contributed by atoms with Crippen molar-refractivity contribution in [2.24, 2.45) is 0 Å². The van der Waals surface area contributed by atoms with E-state index in [9.17, 15) is 0 Å². The zero-order valence-electron chi connectivity index (χ0n) is 12.5. The number of nitrogen functional groups attached to an aromatic ring is 1. The van der Waals surface area contributed by atoms with Crippen molar-refractivity contribution in [2.75, 3.05) is 10.6 Å². The Kier molecular flexibility index (Phi) is 2.67. The first-order chi connectivity index (χ1) is 10.1. The molecule has 2 heterocycles. The molecule has 0 saturated heterocycles. The van der Waals surface area contributed by atoms with Crippen molar-refractivity contribution < 1.29 is 0 Å². The average Bonchev–Trinajstić information content (AvgIpc) is 3.25. The first kappa shape index (κ1) is 12.6. The number of fused-ring (bicyclic) bond motifs is 1. The van der Waals surface area contributed by atoms with E-state index in [2.05, 4.69) is 41.1 Å². The largest absolute Gasteiger partial charge is 0.383 e. The number of hydrogen-bond acceptors (Lipinski definition) is 4. The summed E-state index contributed by atoms with van der Waals surface area (Å²) in [6.45, 7) is 4.27. The number of para-hydroxylation sites is 1. The van der Waals surface area contributed by atoms with Crippen molar-refractivity contribution in [3.05, 3.63) is 41.2 Å². The molecule has 1 aliphatic carbocycles. The molecule has 108 valence electrons. The summed E-state index contributed by atoms with van der Waals surface area (Å²) in [5, 5.41) is 0. The maximum absolute atomic E-state index is 6.14. The summed E-state index contributed by atoms with van der Waals surface area (Å²) in [4.78, 5) is 11.7. The van der Waals surface area contributed by atoms with E-state index >= 15 is 0 Å². The molecule has 4 nitrogen and oxygen atoms in total. The highest BCUT2D eigenvalue weighted by atomic mass is 15.2. The number of nitrogens with two attached hydrogens (primary N) is 1. The van der Waals surface area contributed by atoms with E-state index in [1.807, 2.05) is 6.92 Å². The Morgan fingerprint density at radius 1 is 1.19 bits per heavy atom. The minimum absolute atomic E-state index is 0.405. The maximum Gasteiger partial charge on any atom is 0.142 e. The molecule has 0 spiro atoms. The van der Waals surface area contributed by atoms with Gasteiger partial charge in [0.05, 0.1) is 0 Å². The van der Waals surface area contributed by atoms with Crippen LogP contribution in [-0.4, -0.2) is 16.0 Å². The van der Waals surface area contributed by atoms with Gasteiger partial charge in [-0.05, 0) is 44.7 Å². The Labute approximate surface area is 125 Å². The van der Waals surface area contributed by atoms with Crippen molar-refractivity contribution in [3.63, 3.8) is 0 Å². The van der Waals surface area contributed by atoms with E-state index < -0.39 is 0 Å². The number of benzene rings is 1. The quantitative estimate of drug-likeness (QED) is 0.916. The Morgan fingerprint density at radius 3 is 2.71 bits per heavy atom. The maximum atomic E-state index is 6.14. The molecule has 4 rings (SSSR count). The van der Waals surface area contributed by atoms with E-state index in [4.69, 9.17) is 10.7 Å². The first-order valence-electron chi connectivity index (χ1n) is 7.66. The zero-order chi connectivity index (χ0) is 14.6. The fourth-order valence-corrected chi connectivity index (χ4v) is 3.19. The van der Waals surface area contributed by atoms with Crippen LogP contribution in [0, 0.1) is 6.92 Å². The number of anilines is 3. The van der Waals surface area contributed by atoms with Crippen molar-refractivity contribution in [1.29, 1.82) is 0 Å². The third-order valence-electron chi connectivity index (χ3n) is 4.55. The van der Waals surface area contributed by atoms with Gasteiger partial charge in [-0.25, -0.2) is 9.97 Å². The molecule has 2 aromatic rings. The normalized spacial score (nSPS) is 20.7. The van der Waals surface area contributed by atoms with Gasteiger partial charge in [-0.15, -0.1) is 0 Å². The fourth-order valence-electron chi connectivity index (χ4n) is 3.19. The van der Waals surface area contributed by atoms with Crippen LogP contribution in [-0.2, 0) is 6.42 Å². The minimum atomic E-state index is 0.405. The molecule has 0 radical (unpaired) electrons. The van der Waals surface area contributed by atoms with Crippen LogP contribution in [0.5, 0.6) is 0 Å². The van der Waals surface area contributed by atoms with Crippen molar-refractivity contribution in [1.82, 2.24) is 9.97 Å². The summed E-state index contributed by atoms with van der Waals surface area (Å²) in [5.41, 5.74) is 9.77. The first-order valence-corrected chi connectivity index (χ1v) is 7.66. The lowest BCUT2D eigenvalue weighted by molar-refractivity contribution is 0.741. The third kappa shape index (κ3) is 1.97. The summed E-state index contributed by atoms with van der Waals surface area (Å²) in [6, 6.07) is 8.97. The molecule has 1 saturated carbocycles. The highest BCUT2D eigenvalue weighted by molar-refractivity contribution is 5.72. The molecule has 4 heteroatoms. The molecule has 21 heavy (non-hydrogen) atoms. The van der Waals surface area contributed by atoms with Gasteiger partial charge >= 0.3 is 0 Å². The molecule has 2 N–H and O–H groups in total. The lowest BCUT2D eigenvalue weighted by atomic mass is 10.1. The molecule has 1 aliphatic heterocycles. The lowest BCUT2D eigenvalue weighted by Gasteiger charge is -2.26. The average molecular weight is 280 g/mol. The smallest absolute Gasteiger partial charge is 0.142 e. The molecule has 0 bridgehead atoms. The Morgan fingerprint density at radius 2 is 1.95 bits per heavy atom. The molecular weight excluding hydrogens is 260 g/mol. The molecule has 1 aromatic heterocycles. The third-order valence-corrected chi connectivity index (χ3v) is 4.55. The predicted octanol–water partition coefficient (Wildman–Crippen LogP) is 3.33. The predicted molar refractivity (Wildman–Crippen MR) is 84.9 cm³/mol. The van der Waals surface area contributed by atoms with Crippen molar-refractivity contribution >= 4 is 17.3 Å². The molecule has 1 aromatic carbocycles. The number of rotatable bonds is 2. The van der Waals surface area contributed by atoms with Gasteiger partial charge in [0, 0.05) is 23.2 Å². The second-order valence-electron chi connectivity index (χ2n) is 6.24. The summed E-state index contributed by atoms with van der Waals surface area (Å²) < 4.78 is 0. The SMILES string of the molecule is Cc1c(N)nc(C2CC2)nc1N1c2ccccc2CC1C. The lowest BCUT2D eigenvalue weighted by Crippen LogP contribution is -2.26. The summed E-state index contributed by atoms with van der Waals surface area (Å²) in [5.74, 6) is 3.05. The molecule has 0 amide bonds. The number of hydrogen-bond donors (Lipinski definition) is 1. The fraction of sp³-hybridized carbons (Fsp3) is 0.412. The zero-order valence-corrected chi connectivity index (χ0v) is 12.5. The van der Waals surface area contributed by atoms with Crippen LogP contribution in [0.2, 0.25) is 0 Å². The second kappa shape index (κ2) is 4.45. The highest BCUT2D eigenvalue weighted by Gasteiger charge is 2.32. The molecule has 2 aliphatic rings. The van der Waals surface area contributed by atoms with Gasteiger partial charge in [0.25, 0.3) is 0 Å². The van der Waals surface area contributed by atoms with Crippen molar-refractivity contribution in [3.8, 4) is 0 Å². The van der Waals surface area contributed by atoms with Crippen LogP contribution in [0.4, 0.5) is 17.3 Å². The van der Waals surface area contributed by atoms with Gasteiger partial charge in [0.1, 0.15) is 17.5 Å². The summed E-state index contributed by atoms with van der Waals surface area (Å²) in [7, 11) is 0. The van der Waals surface area contributed by atoms with Crippen LogP contribution in [0.15, 0.2) is 24.3 Å². The van der Waals surface area contributed by atoms with E-state index in [1.54, 1.807) is 0 Å². The van der Waals surface area contributed by atoms with E-state index in [0.717, 1.165) is 23.6 Å². The molecule has 1 unspecified atom stereocenters. The van der Waals surface area contributed by atoms with Crippen LogP contribution in [0.25, 0.3) is 0 Å². The highest BCUT2D eigenvalue weighted by Crippen LogP contribution is 2.43. The van der Waals surface area contributed by atoms with E-state index in [-0.39, 0.29) is 0 Å². The standard InChI is InChI=1S/C17H20N4/c1-10-9-13-5-3-4-6-14(13)21(10)17-11(2)15(18)19-16(20-17)12-7-8-12/h3-6,10,12H,7-9H2,1-2H3,(H2,18,19,20). The van der Waals surface area contributed by atoms with Crippen LogP contribution in [0.1, 0.15) is 42.6 Å². The monoisotopic (exact) mass is 280 g/mol. The van der Waals surface area contributed by atoms with E-state index in [1.165, 1.54) is 24.1 Å². The van der Waals surface area contributed by atoms with E-state index in [0.29, 0.717) is 17.8 Å². The molecular formula is C17H20N4. The molecule has 1 fully saturated rings. The van der Waals surface area contributed by atoms with Gasteiger partial charge < -0.3 is 10.6 Å². The van der Waals surface area contributed by atoms with Gasteiger partial charge in [-0.1, -0.05) is 18.2 Å². The molecule has 1 atom stereocenters. The van der Waals surface area contributed by atoms with Crippen LogP contribution < -0.4 is 10.6 Å². The van der Waals surface area contributed by atoms with Gasteiger partial charge in [0.15, 0.2) is 0 Å². The van der Waals surface area contributed by atoms with Crippen LogP contribution in [0.3, 0.4) is 0 Å². The summed E-state index contributed by atoms with van der Waals surface area (Å²) >= 11 is 0. The van der Waals surface area contributed by atoms with Gasteiger partial charge in [-0.3, -0.25) is 0 Å². The Balaban J connectivity index is 1.86. The van der Waals surface area contributed by atoms with Crippen LogP contribution >= 0.6 is 0 Å². The minimum Gasteiger partial charge on any atom is -0.383 e. The van der Waals surface area contributed by atoms with Gasteiger partial charge in [-0.2, -0.15) is 0 Å². The number of aromatic nitrogens is 2. The Bertz CT molecular complexity index is 706. The Hall–Kier alpha value is -2.10. The van der Waals surface area contributed by atoms with Crippen molar-refractivity contribution in [2.45, 2.75) is 45.1 Å². The summed E-state index contributed by atoms with van der Waals surface area (Å²) in [6.07, 6.45) is 3.43.